The summed E-state index contributed by atoms with van der Waals surface area (Å²) in [6.45, 7) is 1.63. The Morgan fingerprint density at radius 3 is 2.60 bits per heavy atom. The molecule has 0 aliphatic heterocycles. The monoisotopic (exact) mass is 270 g/mol. The number of hydrogen-bond acceptors (Lipinski definition) is 6. The predicted molar refractivity (Wildman–Crippen MR) is 70.0 cm³/mol. The lowest BCUT2D eigenvalue weighted by Crippen LogP contribution is -2.10. The second-order valence-electron chi connectivity index (χ2n) is 4.12. The summed E-state index contributed by atoms with van der Waals surface area (Å²) in [5.41, 5.74) is 0.0139. The number of rotatable bonds is 2. The van der Waals surface area contributed by atoms with Gasteiger partial charge >= 0.3 is 0 Å². The summed E-state index contributed by atoms with van der Waals surface area (Å²) >= 11 is 0. The molecule has 1 aromatic carbocycles. The molecule has 20 heavy (non-hydrogen) atoms. The van der Waals surface area contributed by atoms with Crippen LogP contribution in [0, 0.1) is 6.92 Å². The lowest BCUT2D eigenvalue weighted by molar-refractivity contribution is 0.416. The van der Waals surface area contributed by atoms with Crippen LogP contribution in [0.3, 0.4) is 0 Å². The Kier molecular flexibility index (Phi) is 2.79. The summed E-state index contributed by atoms with van der Waals surface area (Å²) < 4.78 is 4.94. The number of aromatic nitrogens is 4. The van der Waals surface area contributed by atoms with Crippen LogP contribution in [0.1, 0.15) is 5.82 Å². The molecular formula is C13H10N4O3. The molecule has 7 heteroatoms. The Labute approximate surface area is 112 Å². The highest BCUT2D eigenvalue weighted by atomic mass is 16.5. The third kappa shape index (κ3) is 2.05. The van der Waals surface area contributed by atoms with E-state index in [2.05, 4.69) is 20.1 Å². The molecule has 0 radical (unpaired) electrons. The summed E-state index contributed by atoms with van der Waals surface area (Å²) in [5, 5.41) is 13.4. The van der Waals surface area contributed by atoms with Crippen molar-refractivity contribution in [3.63, 3.8) is 0 Å². The molecule has 0 saturated carbocycles. The number of benzene rings is 1. The molecule has 2 N–H and O–H groups in total. The minimum atomic E-state index is -0.662. The van der Waals surface area contributed by atoms with Crippen molar-refractivity contribution in [2.24, 2.45) is 0 Å². The average molecular weight is 270 g/mol. The van der Waals surface area contributed by atoms with Crippen LogP contribution in [-0.2, 0) is 0 Å². The third-order valence-electron chi connectivity index (χ3n) is 2.67. The van der Waals surface area contributed by atoms with Gasteiger partial charge in [0.2, 0.25) is 5.75 Å². The second-order valence-corrected chi connectivity index (χ2v) is 4.12. The Morgan fingerprint density at radius 1 is 1.20 bits per heavy atom. The van der Waals surface area contributed by atoms with E-state index < -0.39 is 11.3 Å². The van der Waals surface area contributed by atoms with Gasteiger partial charge in [0.05, 0.1) is 0 Å². The zero-order valence-corrected chi connectivity index (χ0v) is 10.5. The Balaban J connectivity index is 2.21. The first-order valence-electron chi connectivity index (χ1n) is 5.84. The van der Waals surface area contributed by atoms with Gasteiger partial charge in [-0.15, -0.1) is 0 Å². The molecule has 0 saturated heterocycles. The summed E-state index contributed by atoms with van der Waals surface area (Å²) in [6.07, 6.45) is 0. The van der Waals surface area contributed by atoms with Gasteiger partial charge in [0.25, 0.3) is 11.4 Å². The molecule has 7 nitrogen and oxygen atoms in total. The maximum atomic E-state index is 11.8. The molecule has 0 unspecified atom stereocenters. The van der Waals surface area contributed by atoms with Gasteiger partial charge in [-0.05, 0) is 6.92 Å². The molecule has 0 atom stereocenters. The van der Waals surface area contributed by atoms with E-state index >= 15 is 0 Å². The first-order valence-corrected chi connectivity index (χ1v) is 5.84. The van der Waals surface area contributed by atoms with Gasteiger partial charge in [-0.1, -0.05) is 35.5 Å². The Hall–Kier alpha value is -2.96. The van der Waals surface area contributed by atoms with E-state index in [1.807, 2.05) is 18.2 Å². The van der Waals surface area contributed by atoms with Gasteiger partial charge in [0.15, 0.2) is 11.5 Å². The fourth-order valence-electron chi connectivity index (χ4n) is 1.74. The topological polar surface area (TPSA) is 105 Å². The summed E-state index contributed by atoms with van der Waals surface area (Å²) in [6, 6.07) is 9.07. The van der Waals surface area contributed by atoms with E-state index in [9.17, 15) is 9.90 Å². The highest BCUT2D eigenvalue weighted by Crippen LogP contribution is 2.24. The lowest BCUT2D eigenvalue weighted by atomic mass is 10.2. The molecule has 0 spiro atoms. The molecule has 0 bridgehead atoms. The fraction of sp³-hybridized carbons (Fsp3) is 0.0769. The van der Waals surface area contributed by atoms with E-state index in [1.165, 1.54) is 0 Å². The van der Waals surface area contributed by atoms with E-state index in [1.54, 1.807) is 19.1 Å². The highest BCUT2D eigenvalue weighted by molar-refractivity contribution is 5.62. The molecule has 2 aromatic heterocycles. The van der Waals surface area contributed by atoms with E-state index in [0.29, 0.717) is 17.2 Å². The molecule has 2 heterocycles. The molecular weight excluding hydrogens is 260 g/mol. The first kappa shape index (κ1) is 12.1. The molecule has 100 valence electrons. The highest BCUT2D eigenvalue weighted by Gasteiger charge is 2.18. The van der Waals surface area contributed by atoms with E-state index in [0.717, 1.165) is 0 Å². The SMILES string of the molecule is Cc1noc(-c2nc(-c3ccccc3)[nH]c(=O)c2O)n1. The standard InChI is InChI=1S/C13H10N4O3/c1-7-14-13(20-17-7)9-10(18)12(19)16-11(15-9)8-5-3-2-4-6-8/h2-6,18H,1H3,(H,15,16,19). The zero-order valence-electron chi connectivity index (χ0n) is 10.5. The van der Waals surface area contributed by atoms with E-state index in [-0.39, 0.29) is 11.6 Å². The van der Waals surface area contributed by atoms with Crippen molar-refractivity contribution in [1.29, 1.82) is 0 Å². The predicted octanol–water partition coefficient (Wildman–Crippen LogP) is 1.50. The van der Waals surface area contributed by atoms with Crippen molar-refractivity contribution < 1.29 is 9.63 Å². The summed E-state index contributed by atoms with van der Waals surface area (Å²) in [5.74, 6) is 0.165. The van der Waals surface area contributed by atoms with Crippen molar-refractivity contribution >= 4 is 0 Å². The Bertz CT molecular complexity index is 808. The number of aromatic amines is 1. The van der Waals surface area contributed by atoms with Crippen LogP contribution in [0.25, 0.3) is 23.0 Å². The van der Waals surface area contributed by atoms with Crippen molar-refractivity contribution in [1.82, 2.24) is 20.1 Å². The van der Waals surface area contributed by atoms with Crippen molar-refractivity contribution in [2.75, 3.05) is 0 Å². The zero-order chi connectivity index (χ0) is 14.1. The number of hydrogen-bond donors (Lipinski definition) is 2. The smallest absolute Gasteiger partial charge is 0.294 e. The number of aromatic hydroxyl groups is 1. The molecule has 0 fully saturated rings. The van der Waals surface area contributed by atoms with Crippen molar-refractivity contribution in [2.45, 2.75) is 6.92 Å². The average Bonchev–Trinajstić information content (AvgIpc) is 2.89. The molecule has 3 rings (SSSR count). The molecule has 0 aliphatic carbocycles. The van der Waals surface area contributed by atoms with Crippen LogP contribution < -0.4 is 5.56 Å². The van der Waals surface area contributed by atoms with Gasteiger partial charge in [0, 0.05) is 5.56 Å². The number of aryl methyl sites for hydroxylation is 1. The molecule has 0 amide bonds. The normalized spacial score (nSPS) is 10.7. The number of nitrogens with zero attached hydrogens (tertiary/aromatic N) is 3. The van der Waals surface area contributed by atoms with Gasteiger partial charge in [-0.3, -0.25) is 4.79 Å². The minimum absolute atomic E-state index is 0.00304. The van der Waals surface area contributed by atoms with Crippen molar-refractivity contribution in [3.05, 3.63) is 46.5 Å². The van der Waals surface area contributed by atoms with Gasteiger partial charge < -0.3 is 14.6 Å². The van der Waals surface area contributed by atoms with E-state index in [4.69, 9.17) is 4.52 Å². The second kappa shape index (κ2) is 4.61. The summed E-state index contributed by atoms with van der Waals surface area (Å²) in [4.78, 5) is 22.4. The van der Waals surface area contributed by atoms with Crippen LogP contribution in [0.5, 0.6) is 5.75 Å². The van der Waals surface area contributed by atoms with Crippen molar-refractivity contribution in [3.8, 4) is 28.7 Å². The van der Waals surface area contributed by atoms with Gasteiger partial charge in [-0.25, -0.2) is 4.98 Å². The maximum absolute atomic E-state index is 11.8. The van der Waals surface area contributed by atoms with Crippen LogP contribution in [0.15, 0.2) is 39.6 Å². The third-order valence-corrected chi connectivity index (χ3v) is 2.67. The number of H-pyrrole nitrogens is 1. The molecule has 0 aliphatic rings. The molecule has 3 aromatic rings. The van der Waals surface area contributed by atoms with Crippen LogP contribution in [-0.4, -0.2) is 25.2 Å². The van der Waals surface area contributed by atoms with Crippen LogP contribution in [0.4, 0.5) is 0 Å². The van der Waals surface area contributed by atoms with Crippen LogP contribution in [0.2, 0.25) is 0 Å². The first-order chi connectivity index (χ1) is 9.65. The quantitative estimate of drug-likeness (QED) is 0.731. The van der Waals surface area contributed by atoms with Gasteiger partial charge in [-0.2, -0.15) is 4.98 Å². The minimum Gasteiger partial charge on any atom is -0.501 e. The fourth-order valence-corrected chi connectivity index (χ4v) is 1.74. The van der Waals surface area contributed by atoms with Gasteiger partial charge in [0.1, 0.15) is 5.82 Å². The lowest BCUT2D eigenvalue weighted by Gasteiger charge is -2.03. The number of nitrogens with one attached hydrogen (secondary N) is 1. The maximum Gasteiger partial charge on any atom is 0.294 e. The Morgan fingerprint density at radius 2 is 1.95 bits per heavy atom. The van der Waals surface area contributed by atoms with Crippen LogP contribution >= 0.6 is 0 Å². The largest absolute Gasteiger partial charge is 0.501 e. The summed E-state index contributed by atoms with van der Waals surface area (Å²) in [7, 11) is 0.